The van der Waals surface area contributed by atoms with Crippen LogP contribution < -0.4 is 0 Å². The summed E-state index contributed by atoms with van der Waals surface area (Å²) in [4.78, 5) is 11.6. The van der Waals surface area contributed by atoms with E-state index >= 15 is 0 Å². The Hall–Kier alpha value is -0.940. The maximum absolute atomic E-state index is 4.70. The number of nitrogens with one attached hydrogen (secondary N) is 1. The number of thioether (sulfide) groups is 1. The van der Waals surface area contributed by atoms with Gasteiger partial charge in [0.2, 0.25) is 0 Å². The summed E-state index contributed by atoms with van der Waals surface area (Å²) in [7, 11) is 2.14. The molecule has 3 nitrogen and oxygen atoms in total. The molecule has 0 unspecified atom stereocenters. The molecule has 0 amide bonds. The van der Waals surface area contributed by atoms with Gasteiger partial charge in [-0.2, -0.15) is 0 Å². The Labute approximate surface area is 132 Å². The lowest BCUT2D eigenvalue weighted by Crippen LogP contribution is -2.19. The van der Waals surface area contributed by atoms with E-state index in [-0.39, 0.29) is 0 Å². The molecule has 0 spiro atoms. The lowest BCUT2D eigenvalue weighted by Gasteiger charge is -2.10. The van der Waals surface area contributed by atoms with Crippen LogP contribution in [0.2, 0.25) is 0 Å². The van der Waals surface area contributed by atoms with Crippen molar-refractivity contribution in [3.8, 4) is 0 Å². The van der Waals surface area contributed by atoms with Gasteiger partial charge in [-0.1, -0.05) is 15.9 Å². The van der Waals surface area contributed by atoms with Gasteiger partial charge >= 0.3 is 0 Å². The Morgan fingerprint density at radius 1 is 1.45 bits per heavy atom. The van der Waals surface area contributed by atoms with Gasteiger partial charge in [0.15, 0.2) is 0 Å². The fourth-order valence-corrected chi connectivity index (χ4v) is 3.74. The van der Waals surface area contributed by atoms with E-state index in [4.69, 9.17) is 4.99 Å². The maximum atomic E-state index is 4.70. The number of fused-ring (bicyclic) bond motifs is 1. The second-order valence-electron chi connectivity index (χ2n) is 5.01. The fourth-order valence-electron chi connectivity index (χ4n) is 2.51. The molecular formula is C15H18BrN3S. The van der Waals surface area contributed by atoms with E-state index in [1.807, 2.05) is 11.8 Å². The van der Waals surface area contributed by atoms with Gasteiger partial charge in [0, 0.05) is 52.2 Å². The Balaban J connectivity index is 1.61. The Morgan fingerprint density at radius 2 is 2.35 bits per heavy atom. The third-order valence-electron chi connectivity index (χ3n) is 3.58. The number of aliphatic imine (C=N–C) groups is 1. The number of amidine groups is 1. The largest absolute Gasteiger partial charge is 0.363 e. The molecule has 1 aliphatic heterocycles. The first-order valence-electron chi connectivity index (χ1n) is 6.88. The summed E-state index contributed by atoms with van der Waals surface area (Å²) in [5.74, 6) is 2.30. The highest BCUT2D eigenvalue weighted by Gasteiger charge is 2.13. The molecule has 2 aromatic rings. The van der Waals surface area contributed by atoms with Crippen molar-refractivity contribution in [3.05, 3.63) is 28.9 Å². The second kappa shape index (κ2) is 6.22. The van der Waals surface area contributed by atoms with Gasteiger partial charge in [-0.05, 0) is 24.6 Å². The third-order valence-corrected chi connectivity index (χ3v) is 5.11. The molecule has 3 rings (SSSR count). The topological polar surface area (TPSA) is 31.4 Å². The van der Waals surface area contributed by atoms with E-state index in [0.717, 1.165) is 29.7 Å². The predicted octanol–water partition coefficient (Wildman–Crippen LogP) is 4.15. The smallest absolute Gasteiger partial charge is 0.0987 e. The molecule has 0 aliphatic carbocycles. The number of likely N-dealkylation sites (tertiary alicyclic amines) is 1. The minimum absolute atomic E-state index is 0.894. The predicted molar refractivity (Wildman–Crippen MR) is 90.9 cm³/mol. The van der Waals surface area contributed by atoms with Crippen LogP contribution in [0.4, 0.5) is 0 Å². The van der Waals surface area contributed by atoms with E-state index in [1.165, 1.54) is 28.1 Å². The van der Waals surface area contributed by atoms with Crippen LogP contribution in [0, 0.1) is 0 Å². The van der Waals surface area contributed by atoms with Gasteiger partial charge in [-0.15, -0.1) is 11.8 Å². The van der Waals surface area contributed by atoms with Crippen LogP contribution in [0.25, 0.3) is 10.9 Å². The number of hydrogen-bond acceptors (Lipinski definition) is 2. The van der Waals surface area contributed by atoms with Crippen LogP contribution in [-0.4, -0.2) is 41.6 Å². The number of rotatable bonds is 4. The number of H-pyrrole nitrogens is 1. The molecule has 106 valence electrons. The van der Waals surface area contributed by atoms with Crippen LogP contribution in [0.1, 0.15) is 12.8 Å². The van der Waals surface area contributed by atoms with Gasteiger partial charge < -0.3 is 9.88 Å². The number of aromatic amines is 1. The van der Waals surface area contributed by atoms with E-state index in [0.29, 0.717) is 0 Å². The van der Waals surface area contributed by atoms with E-state index in [1.54, 1.807) is 0 Å². The normalized spacial score (nSPS) is 17.5. The zero-order chi connectivity index (χ0) is 13.9. The third kappa shape index (κ3) is 3.04. The van der Waals surface area contributed by atoms with Crippen LogP contribution in [-0.2, 0) is 0 Å². The summed E-state index contributed by atoms with van der Waals surface area (Å²) in [5.41, 5.74) is 1.19. The Kier molecular flexibility index (Phi) is 4.36. The highest BCUT2D eigenvalue weighted by Crippen LogP contribution is 2.29. The highest BCUT2D eigenvalue weighted by atomic mass is 79.9. The number of hydrogen-bond donors (Lipinski definition) is 1. The number of aromatic nitrogens is 1. The SMILES string of the molecule is CN1CCCC1=NCCSc1c[nH]c2ccc(Br)cc12. The summed E-state index contributed by atoms with van der Waals surface area (Å²) in [6, 6.07) is 6.34. The average molecular weight is 352 g/mol. The van der Waals surface area contributed by atoms with E-state index < -0.39 is 0 Å². The summed E-state index contributed by atoms with van der Waals surface area (Å²) in [6.45, 7) is 2.05. The van der Waals surface area contributed by atoms with Crippen LogP contribution in [0.5, 0.6) is 0 Å². The molecule has 1 fully saturated rings. The Bertz CT molecular complexity index is 635. The van der Waals surface area contributed by atoms with Crippen molar-refractivity contribution in [1.82, 2.24) is 9.88 Å². The molecule has 1 aromatic heterocycles. The molecule has 1 N–H and O–H groups in total. The second-order valence-corrected chi connectivity index (χ2v) is 7.07. The molecule has 5 heteroatoms. The molecule has 0 bridgehead atoms. The molecule has 0 atom stereocenters. The van der Waals surface area contributed by atoms with Crippen molar-refractivity contribution >= 4 is 44.4 Å². The van der Waals surface area contributed by atoms with Crippen molar-refractivity contribution in [1.29, 1.82) is 0 Å². The summed E-state index contributed by atoms with van der Waals surface area (Å²) >= 11 is 5.41. The number of halogens is 1. The van der Waals surface area contributed by atoms with Crippen LogP contribution in [0.15, 0.2) is 38.8 Å². The average Bonchev–Trinajstić information content (AvgIpc) is 3.01. The monoisotopic (exact) mass is 351 g/mol. The summed E-state index contributed by atoms with van der Waals surface area (Å²) in [6.07, 6.45) is 4.48. The highest BCUT2D eigenvalue weighted by molar-refractivity contribution is 9.10. The molecule has 1 aliphatic rings. The van der Waals surface area contributed by atoms with Crippen molar-refractivity contribution in [3.63, 3.8) is 0 Å². The van der Waals surface area contributed by atoms with Gasteiger partial charge in [0.05, 0.1) is 12.4 Å². The van der Waals surface area contributed by atoms with Crippen LogP contribution in [0.3, 0.4) is 0 Å². The number of benzene rings is 1. The lowest BCUT2D eigenvalue weighted by atomic mass is 10.2. The van der Waals surface area contributed by atoms with E-state index in [9.17, 15) is 0 Å². The van der Waals surface area contributed by atoms with Crippen LogP contribution >= 0.6 is 27.7 Å². The first-order chi connectivity index (χ1) is 9.74. The maximum Gasteiger partial charge on any atom is 0.0987 e. The molecule has 0 radical (unpaired) electrons. The van der Waals surface area contributed by atoms with Crippen molar-refractivity contribution in [2.45, 2.75) is 17.7 Å². The van der Waals surface area contributed by atoms with Crippen molar-refractivity contribution < 1.29 is 0 Å². The first-order valence-corrected chi connectivity index (χ1v) is 8.66. The zero-order valence-electron chi connectivity index (χ0n) is 11.5. The minimum atomic E-state index is 0.894. The summed E-state index contributed by atoms with van der Waals surface area (Å²) in [5, 5.41) is 1.29. The van der Waals surface area contributed by atoms with E-state index in [2.05, 4.69) is 57.3 Å². The standard InChI is InChI=1S/C15H18BrN3S/c1-19-7-2-3-15(19)17-6-8-20-14-10-18-13-5-4-11(16)9-12(13)14/h4-5,9-10,18H,2-3,6-8H2,1H3. The zero-order valence-corrected chi connectivity index (χ0v) is 13.9. The quantitative estimate of drug-likeness (QED) is 0.662. The van der Waals surface area contributed by atoms with Crippen molar-refractivity contribution in [2.24, 2.45) is 4.99 Å². The molecule has 1 aromatic carbocycles. The fraction of sp³-hybridized carbons (Fsp3) is 0.400. The molecular weight excluding hydrogens is 334 g/mol. The molecule has 2 heterocycles. The number of nitrogens with zero attached hydrogens (tertiary/aromatic N) is 2. The van der Waals surface area contributed by atoms with Gasteiger partial charge in [0.1, 0.15) is 0 Å². The van der Waals surface area contributed by atoms with Gasteiger partial charge in [-0.25, -0.2) is 0 Å². The lowest BCUT2D eigenvalue weighted by molar-refractivity contribution is 0.548. The van der Waals surface area contributed by atoms with Crippen molar-refractivity contribution in [2.75, 3.05) is 25.9 Å². The Morgan fingerprint density at radius 3 is 3.15 bits per heavy atom. The minimum Gasteiger partial charge on any atom is -0.363 e. The molecule has 20 heavy (non-hydrogen) atoms. The molecule has 1 saturated heterocycles. The van der Waals surface area contributed by atoms with Gasteiger partial charge in [0.25, 0.3) is 0 Å². The van der Waals surface area contributed by atoms with Gasteiger partial charge in [-0.3, -0.25) is 4.99 Å². The first kappa shape index (κ1) is 14.0. The summed E-state index contributed by atoms with van der Waals surface area (Å²) < 4.78 is 1.12. The molecule has 0 saturated carbocycles.